The molecule has 2 aromatic rings. The van der Waals surface area contributed by atoms with Crippen LogP contribution >= 0.6 is 11.3 Å². The number of hydrogen-bond acceptors (Lipinski definition) is 7. The van der Waals surface area contributed by atoms with Gasteiger partial charge in [0.05, 0.1) is 30.0 Å². The van der Waals surface area contributed by atoms with Gasteiger partial charge in [-0.15, -0.1) is 11.3 Å². The van der Waals surface area contributed by atoms with Crippen molar-refractivity contribution in [1.82, 2.24) is 15.3 Å². The predicted molar refractivity (Wildman–Crippen MR) is 111 cm³/mol. The van der Waals surface area contributed by atoms with Crippen molar-refractivity contribution in [3.8, 4) is 0 Å². The topological polar surface area (TPSA) is 96.5 Å². The van der Waals surface area contributed by atoms with E-state index in [1.54, 1.807) is 17.2 Å². The van der Waals surface area contributed by atoms with Crippen LogP contribution in [0.25, 0.3) is 0 Å². The molecule has 9 heteroatoms. The van der Waals surface area contributed by atoms with E-state index < -0.39 is 0 Å². The van der Waals surface area contributed by atoms with Crippen molar-refractivity contribution in [1.29, 1.82) is 0 Å². The Kier molecular flexibility index (Phi) is 6.05. The fourth-order valence-corrected chi connectivity index (χ4v) is 4.36. The van der Waals surface area contributed by atoms with Crippen molar-refractivity contribution in [2.24, 2.45) is 5.92 Å². The number of ether oxygens (including phenoxy) is 1. The van der Waals surface area contributed by atoms with Gasteiger partial charge in [0.2, 0.25) is 5.91 Å². The van der Waals surface area contributed by atoms with Gasteiger partial charge in [-0.3, -0.25) is 9.59 Å². The molecule has 0 bridgehead atoms. The molecule has 2 amide bonds. The van der Waals surface area contributed by atoms with Crippen molar-refractivity contribution in [3.05, 3.63) is 33.9 Å². The van der Waals surface area contributed by atoms with Crippen LogP contribution in [0.2, 0.25) is 0 Å². The maximum Gasteiger partial charge on any atom is 0.253 e. The summed E-state index contributed by atoms with van der Waals surface area (Å²) in [5, 5.41) is 8.82. The molecular weight excluding hydrogens is 390 g/mol. The quantitative estimate of drug-likeness (QED) is 0.751. The summed E-state index contributed by atoms with van der Waals surface area (Å²) in [6.45, 7) is 4.74. The van der Waals surface area contributed by atoms with Gasteiger partial charge < -0.3 is 20.3 Å². The summed E-state index contributed by atoms with van der Waals surface area (Å²) in [4.78, 5) is 35.8. The number of hydrogen-bond donors (Lipinski definition) is 2. The zero-order valence-electron chi connectivity index (χ0n) is 16.4. The van der Waals surface area contributed by atoms with Crippen LogP contribution in [0.5, 0.6) is 0 Å². The molecule has 0 radical (unpaired) electrons. The first-order valence-corrected chi connectivity index (χ1v) is 10.9. The van der Waals surface area contributed by atoms with E-state index in [0.717, 1.165) is 43.2 Å². The summed E-state index contributed by atoms with van der Waals surface area (Å²) in [5.74, 6) is 0.810. The van der Waals surface area contributed by atoms with E-state index >= 15 is 0 Å². The second-order valence-electron chi connectivity index (χ2n) is 7.27. The molecule has 1 fully saturated rings. The predicted octanol–water partition coefficient (Wildman–Crippen LogP) is 2.22. The maximum absolute atomic E-state index is 12.6. The SMILES string of the molecule is CCc1csc(CNC(=O)c2cnc3c(c2)N(CC2CCOCC2)C(=O)CN3)n1. The lowest BCUT2D eigenvalue weighted by atomic mass is 9.99. The van der Waals surface area contributed by atoms with E-state index in [9.17, 15) is 9.59 Å². The normalized spacial score (nSPS) is 17.0. The number of aryl methyl sites for hydroxylation is 1. The van der Waals surface area contributed by atoms with Crippen LogP contribution in [0.1, 0.15) is 40.8 Å². The Labute approximate surface area is 173 Å². The second-order valence-corrected chi connectivity index (χ2v) is 8.22. The van der Waals surface area contributed by atoms with E-state index in [4.69, 9.17) is 4.74 Å². The van der Waals surface area contributed by atoms with Crippen molar-refractivity contribution in [2.45, 2.75) is 32.7 Å². The van der Waals surface area contributed by atoms with E-state index in [1.807, 2.05) is 5.38 Å². The fourth-order valence-electron chi connectivity index (χ4n) is 3.55. The second kappa shape index (κ2) is 8.87. The minimum atomic E-state index is -0.224. The van der Waals surface area contributed by atoms with Crippen LogP contribution in [0.4, 0.5) is 11.5 Å². The Morgan fingerprint density at radius 2 is 2.24 bits per heavy atom. The average molecular weight is 416 g/mol. The Hall–Kier alpha value is -2.52. The lowest BCUT2D eigenvalue weighted by Crippen LogP contribution is -2.44. The first-order chi connectivity index (χ1) is 14.1. The molecule has 0 saturated carbocycles. The van der Waals surface area contributed by atoms with Gasteiger partial charge in [0.25, 0.3) is 5.91 Å². The molecule has 0 unspecified atom stereocenters. The molecular formula is C20H25N5O3S. The summed E-state index contributed by atoms with van der Waals surface area (Å²) in [5.41, 5.74) is 2.13. The zero-order chi connectivity index (χ0) is 20.2. The molecule has 0 aromatic carbocycles. The van der Waals surface area contributed by atoms with Gasteiger partial charge in [0.1, 0.15) is 10.8 Å². The molecule has 29 heavy (non-hydrogen) atoms. The van der Waals surface area contributed by atoms with Crippen LogP contribution in [0.15, 0.2) is 17.6 Å². The Morgan fingerprint density at radius 3 is 3.00 bits per heavy atom. The van der Waals surface area contributed by atoms with E-state index in [0.29, 0.717) is 36.1 Å². The number of rotatable bonds is 6. The molecule has 1 saturated heterocycles. The number of nitrogens with one attached hydrogen (secondary N) is 2. The van der Waals surface area contributed by atoms with E-state index in [2.05, 4.69) is 27.5 Å². The van der Waals surface area contributed by atoms with Gasteiger partial charge in [-0.05, 0) is 31.2 Å². The number of thiazole rings is 1. The summed E-state index contributed by atoms with van der Waals surface area (Å²) < 4.78 is 5.42. The molecule has 2 aliphatic heterocycles. The Morgan fingerprint density at radius 1 is 1.41 bits per heavy atom. The summed E-state index contributed by atoms with van der Waals surface area (Å²) in [7, 11) is 0. The summed E-state index contributed by atoms with van der Waals surface area (Å²) >= 11 is 1.54. The molecule has 8 nitrogen and oxygen atoms in total. The fraction of sp³-hybridized carbons (Fsp3) is 0.500. The molecule has 0 atom stereocenters. The van der Waals surface area contributed by atoms with E-state index in [-0.39, 0.29) is 18.4 Å². The monoisotopic (exact) mass is 415 g/mol. The third kappa shape index (κ3) is 4.56. The van der Waals surface area contributed by atoms with Crippen molar-refractivity contribution in [2.75, 3.05) is 36.5 Å². The van der Waals surface area contributed by atoms with Crippen LogP contribution in [0, 0.1) is 5.92 Å². The third-order valence-electron chi connectivity index (χ3n) is 5.27. The lowest BCUT2D eigenvalue weighted by molar-refractivity contribution is -0.117. The molecule has 4 rings (SSSR count). The lowest BCUT2D eigenvalue weighted by Gasteiger charge is -2.33. The van der Waals surface area contributed by atoms with Crippen molar-refractivity contribution in [3.63, 3.8) is 0 Å². The average Bonchev–Trinajstić information content (AvgIpc) is 3.22. The number of carbonyl (C=O) groups excluding carboxylic acids is 2. The van der Waals surface area contributed by atoms with Crippen LogP contribution in [-0.2, 0) is 22.5 Å². The molecule has 2 N–H and O–H groups in total. The summed E-state index contributed by atoms with van der Waals surface area (Å²) in [6, 6.07) is 1.75. The number of fused-ring (bicyclic) bond motifs is 1. The molecule has 0 spiro atoms. The molecule has 0 aliphatic carbocycles. The number of pyridine rings is 1. The Bertz CT molecular complexity index is 894. The first kappa shape index (κ1) is 19.8. The number of aromatic nitrogens is 2. The smallest absolute Gasteiger partial charge is 0.253 e. The van der Waals surface area contributed by atoms with Crippen molar-refractivity contribution < 1.29 is 14.3 Å². The maximum atomic E-state index is 12.6. The zero-order valence-corrected chi connectivity index (χ0v) is 17.3. The third-order valence-corrected chi connectivity index (χ3v) is 6.17. The highest BCUT2D eigenvalue weighted by molar-refractivity contribution is 7.09. The minimum Gasteiger partial charge on any atom is -0.381 e. The van der Waals surface area contributed by atoms with Gasteiger partial charge in [-0.2, -0.15) is 0 Å². The van der Waals surface area contributed by atoms with Crippen molar-refractivity contribution >= 4 is 34.7 Å². The number of anilines is 2. The van der Waals surface area contributed by atoms with Gasteiger partial charge >= 0.3 is 0 Å². The van der Waals surface area contributed by atoms with Gasteiger partial charge in [0, 0.05) is 31.3 Å². The van der Waals surface area contributed by atoms with Crippen LogP contribution < -0.4 is 15.5 Å². The molecule has 2 aromatic heterocycles. The van der Waals surface area contributed by atoms with Crippen LogP contribution in [0.3, 0.4) is 0 Å². The van der Waals surface area contributed by atoms with Gasteiger partial charge in [-0.25, -0.2) is 9.97 Å². The van der Waals surface area contributed by atoms with Gasteiger partial charge in [0.15, 0.2) is 0 Å². The number of nitrogens with zero attached hydrogens (tertiary/aromatic N) is 3. The number of carbonyl (C=O) groups is 2. The molecule has 2 aliphatic rings. The standard InChI is InChI=1S/C20H25N5O3S/c1-2-15-12-29-17(24-15)9-23-20(27)14-7-16-19(21-8-14)22-10-18(26)25(16)11-13-3-5-28-6-4-13/h7-8,12-13H,2-6,9-11H2,1H3,(H,21,22)(H,23,27). The van der Waals surface area contributed by atoms with Crippen LogP contribution in [-0.4, -0.2) is 48.1 Å². The van der Waals surface area contributed by atoms with E-state index in [1.165, 1.54) is 11.3 Å². The highest BCUT2D eigenvalue weighted by Crippen LogP contribution is 2.30. The minimum absolute atomic E-state index is 0.00164. The summed E-state index contributed by atoms with van der Waals surface area (Å²) in [6.07, 6.45) is 4.30. The van der Waals surface area contributed by atoms with Gasteiger partial charge in [-0.1, -0.05) is 6.92 Å². The molecule has 4 heterocycles. The number of amides is 2. The Balaban J connectivity index is 1.47. The highest BCUT2D eigenvalue weighted by atomic mass is 32.1. The first-order valence-electron chi connectivity index (χ1n) is 9.97. The highest BCUT2D eigenvalue weighted by Gasteiger charge is 2.29. The molecule has 154 valence electrons. The largest absolute Gasteiger partial charge is 0.381 e.